The lowest BCUT2D eigenvalue weighted by molar-refractivity contribution is 0.612. The predicted octanol–water partition coefficient (Wildman–Crippen LogP) is 4.17. The predicted molar refractivity (Wildman–Crippen MR) is 82.4 cm³/mol. The number of rotatable bonds is 5. The quantitative estimate of drug-likeness (QED) is 0.901. The highest BCUT2D eigenvalue weighted by atomic mass is 35.5. The molecule has 5 heteroatoms. The molecule has 21 heavy (non-hydrogen) atoms. The van der Waals surface area contributed by atoms with Gasteiger partial charge in [0.15, 0.2) is 0 Å². The number of benzene rings is 1. The Bertz CT molecular complexity index is 656. The number of nitrogens with zero attached hydrogens (tertiary/aromatic N) is 2. The summed E-state index contributed by atoms with van der Waals surface area (Å²) in [5.74, 6) is 1.60. The first-order valence-corrected chi connectivity index (χ1v) is 7.59. The fraction of sp³-hybridized carbons (Fsp3) is 0.375. The van der Waals surface area contributed by atoms with Crippen molar-refractivity contribution in [2.45, 2.75) is 32.1 Å². The molecule has 1 N–H and O–H groups in total. The van der Waals surface area contributed by atoms with Crippen LogP contribution in [0.25, 0.3) is 0 Å². The third kappa shape index (κ3) is 3.32. The Balaban J connectivity index is 1.91. The molecular formula is C16H17ClFN3. The van der Waals surface area contributed by atoms with Gasteiger partial charge in [-0.1, -0.05) is 23.7 Å². The summed E-state index contributed by atoms with van der Waals surface area (Å²) in [6.07, 6.45) is 2.70. The van der Waals surface area contributed by atoms with Gasteiger partial charge in [0.2, 0.25) is 0 Å². The zero-order valence-corrected chi connectivity index (χ0v) is 12.6. The van der Waals surface area contributed by atoms with Crippen molar-refractivity contribution < 1.29 is 4.39 Å². The van der Waals surface area contributed by atoms with Crippen molar-refractivity contribution in [1.82, 2.24) is 9.97 Å². The molecule has 2 aromatic rings. The topological polar surface area (TPSA) is 37.8 Å². The van der Waals surface area contributed by atoms with Crippen LogP contribution in [-0.4, -0.2) is 16.5 Å². The molecule has 0 unspecified atom stereocenters. The molecule has 0 radical (unpaired) electrons. The van der Waals surface area contributed by atoms with Gasteiger partial charge in [0.05, 0.1) is 5.02 Å². The lowest BCUT2D eigenvalue weighted by atomic mass is 10.1. The number of hydrogen-bond acceptors (Lipinski definition) is 3. The first-order chi connectivity index (χ1) is 10.2. The van der Waals surface area contributed by atoms with Gasteiger partial charge >= 0.3 is 0 Å². The molecule has 1 saturated carbocycles. The van der Waals surface area contributed by atoms with Crippen LogP contribution in [0.3, 0.4) is 0 Å². The van der Waals surface area contributed by atoms with E-state index in [0.29, 0.717) is 23.7 Å². The van der Waals surface area contributed by atoms with E-state index in [1.807, 2.05) is 13.0 Å². The minimum atomic E-state index is -0.385. The molecule has 3 rings (SSSR count). The van der Waals surface area contributed by atoms with Crippen molar-refractivity contribution in [1.29, 1.82) is 0 Å². The van der Waals surface area contributed by atoms with Crippen LogP contribution >= 0.6 is 11.6 Å². The molecule has 0 amide bonds. The van der Waals surface area contributed by atoms with E-state index in [1.165, 1.54) is 12.8 Å². The largest absolute Gasteiger partial charge is 0.370 e. The summed E-state index contributed by atoms with van der Waals surface area (Å²) in [5, 5.41) is 3.35. The molecule has 0 saturated heterocycles. The molecular weight excluding hydrogens is 289 g/mol. The Morgan fingerprint density at radius 2 is 2.14 bits per heavy atom. The third-order valence-corrected chi connectivity index (χ3v) is 3.82. The monoisotopic (exact) mass is 305 g/mol. The third-order valence-electron chi connectivity index (χ3n) is 3.53. The second kappa shape index (κ2) is 5.98. The van der Waals surface area contributed by atoms with Crippen molar-refractivity contribution in [3.05, 3.63) is 52.2 Å². The fourth-order valence-electron chi connectivity index (χ4n) is 2.31. The van der Waals surface area contributed by atoms with E-state index in [-0.39, 0.29) is 10.8 Å². The molecule has 0 spiro atoms. The highest BCUT2D eigenvalue weighted by Gasteiger charge is 2.26. The van der Waals surface area contributed by atoms with Crippen LogP contribution in [0, 0.1) is 5.82 Å². The first-order valence-electron chi connectivity index (χ1n) is 7.22. The highest BCUT2D eigenvalue weighted by Crippen LogP contribution is 2.39. The summed E-state index contributed by atoms with van der Waals surface area (Å²) in [7, 11) is 0. The van der Waals surface area contributed by atoms with E-state index in [4.69, 9.17) is 11.6 Å². The Hall–Kier alpha value is -1.68. The zero-order valence-electron chi connectivity index (χ0n) is 11.9. The lowest BCUT2D eigenvalue weighted by Crippen LogP contribution is -2.07. The van der Waals surface area contributed by atoms with Gasteiger partial charge in [-0.2, -0.15) is 0 Å². The first kappa shape index (κ1) is 14.3. The maximum atomic E-state index is 14.0. The van der Waals surface area contributed by atoms with Crippen LogP contribution in [0.5, 0.6) is 0 Å². The number of halogens is 2. The standard InChI is InChI=1S/C16H17ClFN3/c1-2-19-14-9-13(10-6-7-10)20-15(21-14)8-11-4-3-5-12(17)16(11)18/h3-5,9-10H,2,6-8H2,1H3,(H,19,20,21). The minimum Gasteiger partial charge on any atom is -0.370 e. The number of aromatic nitrogens is 2. The van der Waals surface area contributed by atoms with E-state index in [9.17, 15) is 4.39 Å². The molecule has 0 aliphatic heterocycles. The summed E-state index contributed by atoms with van der Waals surface area (Å²) >= 11 is 5.82. The molecule has 110 valence electrons. The molecule has 1 aromatic carbocycles. The number of nitrogens with one attached hydrogen (secondary N) is 1. The van der Waals surface area contributed by atoms with E-state index >= 15 is 0 Å². The average molecular weight is 306 g/mol. The van der Waals surface area contributed by atoms with Crippen LogP contribution in [0.4, 0.5) is 10.2 Å². The number of anilines is 1. The van der Waals surface area contributed by atoms with Gasteiger partial charge in [0.1, 0.15) is 17.5 Å². The van der Waals surface area contributed by atoms with Gasteiger partial charge in [-0.15, -0.1) is 0 Å². The maximum absolute atomic E-state index is 14.0. The summed E-state index contributed by atoms with van der Waals surface area (Å²) < 4.78 is 14.0. The van der Waals surface area contributed by atoms with E-state index in [2.05, 4.69) is 15.3 Å². The second-order valence-corrected chi connectivity index (χ2v) is 5.70. The van der Waals surface area contributed by atoms with Gasteiger partial charge in [-0.05, 0) is 31.4 Å². The molecule has 0 atom stereocenters. The van der Waals surface area contributed by atoms with Crippen LogP contribution in [0.1, 0.15) is 42.8 Å². The van der Waals surface area contributed by atoms with E-state index < -0.39 is 0 Å². The van der Waals surface area contributed by atoms with Crippen LogP contribution in [-0.2, 0) is 6.42 Å². The molecule has 1 aliphatic carbocycles. The Morgan fingerprint density at radius 3 is 2.86 bits per heavy atom. The van der Waals surface area contributed by atoms with Crippen molar-refractivity contribution in [3.63, 3.8) is 0 Å². The van der Waals surface area contributed by atoms with E-state index in [0.717, 1.165) is 18.1 Å². The van der Waals surface area contributed by atoms with Gasteiger partial charge < -0.3 is 5.32 Å². The molecule has 1 aliphatic rings. The SMILES string of the molecule is CCNc1cc(C2CC2)nc(Cc2cccc(Cl)c2F)n1. The Kier molecular flexibility index (Phi) is 4.06. The summed E-state index contributed by atoms with van der Waals surface area (Å²) in [6.45, 7) is 2.82. The fourth-order valence-corrected chi connectivity index (χ4v) is 2.51. The van der Waals surface area contributed by atoms with Gasteiger partial charge in [-0.3, -0.25) is 0 Å². The summed E-state index contributed by atoms with van der Waals surface area (Å²) in [5.41, 5.74) is 1.58. The number of hydrogen-bond donors (Lipinski definition) is 1. The van der Waals surface area contributed by atoms with Crippen LogP contribution < -0.4 is 5.32 Å². The molecule has 1 fully saturated rings. The summed E-state index contributed by atoms with van der Waals surface area (Å²) in [6, 6.07) is 7.02. The maximum Gasteiger partial charge on any atom is 0.145 e. The van der Waals surface area contributed by atoms with Crippen molar-refractivity contribution in [3.8, 4) is 0 Å². The smallest absolute Gasteiger partial charge is 0.145 e. The lowest BCUT2D eigenvalue weighted by Gasteiger charge is -2.09. The van der Waals surface area contributed by atoms with Crippen molar-refractivity contribution in [2.75, 3.05) is 11.9 Å². The highest BCUT2D eigenvalue weighted by molar-refractivity contribution is 6.30. The molecule has 1 heterocycles. The Labute approximate surface area is 128 Å². The van der Waals surface area contributed by atoms with Crippen LogP contribution in [0.15, 0.2) is 24.3 Å². The van der Waals surface area contributed by atoms with Crippen LogP contribution in [0.2, 0.25) is 5.02 Å². The normalized spacial score (nSPS) is 14.2. The average Bonchev–Trinajstić information content (AvgIpc) is 3.29. The zero-order chi connectivity index (χ0) is 14.8. The molecule has 3 nitrogen and oxygen atoms in total. The van der Waals surface area contributed by atoms with Gasteiger partial charge in [0.25, 0.3) is 0 Å². The second-order valence-electron chi connectivity index (χ2n) is 5.29. The Morgan fingerprint density at radius 1 is 1.33 bits per heavy atom. The minimum absolute atomic E-state index is 0.137. The van der Waals surface area contributed by atoms with E-state index in [1.54, 1.807) is 18.2 Å². The summed E-state index contributed by atoms with van der Waals surface area (Å²) in [4.78, 5) is 9.05. The van der Waals surface area contributed by atoms with Gasteiger partial charge in [0, 0.05) is 30.6 Å². The molecule has 0 bridgehead atoms. The van der Waals surface area contributed by atoms with Gasteiger partial charge in [-0.25, -0.2) is 14.4 Å². The van der Waals surface area contributed by atoms with Crippen molar-refractivity contribution >= 4 is 17.4 Å². The molecule has 1 aromatic heterocycles. The van der Waals surface area contributed by atoms with Crippen molar-refractivity contribution in [2.24, 2.45) is 0 Å².